The summed E-state index contributed by atoms with van der Waals surface area (Å²) in [5.74, 6) is 0.494. The van der Waals surface area contributed by atoms with Gasteiger partial charge in [-0.25, -0.2) is 9.78 Å². The third kappa shape index (κ3) is 3.99. The van der Waals surface area contributed by atoms with Gasteiger partial charge in [0.2, 0.25) is 0 Å². The highest BCUT2D eigenvalue weighted by atomic mass is 16.6. The third-order valence-corrected chi connectivity index (χ3v) is 4.66. The fourth-order valence-corrected chi connectivity index (χ4v) is 3.37. The van der Waals surface area contributed by atoms with Crippen molar-refractivity contribution in [3.8, 4) is 5.75 Å². The number of hydrogen-bond acceptors (Lipinski definition) is 5. The zero-order valence-corrected chi connectivity index (χ0v) is 16.0. The summed E-state index contributed by atoms with van der Waals surface area (Å²) in [5.41, 5.74) is 1.81. The zero-order chi connectivity index (χ0) is 19.4. The van der Waals surface area contributed by atoms with E-state index in [1.807, 2.05) is 32.2 Å². The average molecular weight is 374 g/mol. The first-order valence-electron chi connectivity index (χ1n) is 9.38. The van der Waals surface area contributed by atoms with Gasteiger partial charge in [0.15, 0.2) is 11.4 Å². The van der Waals surface area contributed by atoms with Crippen LogP contribution in [0.5, 0.6) is 5.75 Å². The molecule has 8 nitrogen and oxygen atoms in total. The molecule has 1 saturated heterocycles. The predicted octanol–water partition coefficient (Wildman–Crippen LogP) is 2.39. The number of imidazole rings is 1. The first kappa shape index (κ1) is 19.0. The van der Waals surface area contributed by atoms with Crippen molar-refractivity contribution in [2.24, 2.45) is 0 Å². The molecule has 0 atom stereocenters. The monoisotopic (exact) mass is 374 g/mol. The third-order valence-electron chi connectivity index (χ3n) is 4.66. The van der Waals surface area contributed by atoms with E-state index in [0.717, 1.165) is 0 Å². The standard InChI is InChI=1S/C19H26N4O4/c1-4-26-15-7-6-10-23-16(13(3)20-17(15)23)18(24)21-14-8-11-22(12-9-14)19(25)27-5-2/h6-7,10,14H,4-5,8-9,11-12H2,1-3H3,(H,21,24). The Bertz CT molecular complexity index is 824. The van der Waals surface area contributed by atoms with Gasteiger partial charge in [-0.2, -0.15) is 0 Å². The quantitative estimate of drug-likeness (QED) is 0.869. The largest absolute Gasteiger partial charge is 0.490 e. The number of nitrogens with zero attached hydrogens (tertiary/aromatic N) is 3. The molecule has 1 fully saturated rings. The molecule has 27 heavy (non-hydrogen) atoms. The number of aryl methyl sites for hydroxylation is 1. The predicted molar refractivity (Wildman–Crippen MR) is 100 cm³/mol. The molecule has 1 aliphatic rings. The van der Waals surface area contributed by atoms with Gasteiger partial charge in [0.25, 0.3) is 5.91 Å². The molecule has 0 aliphatic carbocycles. The molecular weight excluding hydrogens is 348 g/mol. The molecule has 0 unspecified atom stereocenters. The van der Waals surface area contributed by atoms with Crippen LogP contribution in [0.3, 0.4) is 0 Å². The highest BCUT2D eigenvalue weighted by molar-refractivity contribution is 5.95. The molecule has 2 amide bonds. The maximum absolute atomic E-state index is 12.9. The summed E-state index contributed by atoms with van der Waals surface area (Å²) in [4.78, 5) is 30.9. The molecule has 8 heteroatoms. The SMILES string of the molecule is CCOC(=O)N1CCC(NC(=O)c2c(C)nc3c(OCC)cccn23)CC1. The molecule has 0 aromatic carbocycles. The van der Waals surface area contributed by atoms with Crippen LogP contribution in [-0.4, -0.2) is 58.6 Å². The van der Waals surface area contributed by atoms with E-state index in [4.69, 9.17) is 9.47 Å². The molecule has 2 aromatic rings. The van der Waals surface area contributed by atoms with Gasteiger partial charge in [-0.3, -0.25) is 9.20 Å². The molecule has 1 N–H and O–H groups in total. The number of fused-ring (bicyclic) bond motifs is 1. The van der Waals surface area contributed by atoms with Crippen LogP contribution in [0.1, 0.15) is 42.9 Å². The van der Waals surface area contributed by atoms with Crippen molar-refractivity contribution < 1.29 is 19.1 Å². The van der Waals surface area contributed by atoms with Gasteiger partial charge in [0.05, 0.1) is 18.9 Å². The molecule has 3 heterocycles. The normalized spacial score (nSPS) is 15.0. The first-order valence-corrected chi connectivity index (χ1v) is 9.38. The summed E-state index contributed by atoms with van der Waals surface area (Å²) in [6.07, 6.45) is 2.92. The Morgan fingerprint density at radius 1 is 1.26 bits per heavy atom. The molecule has 0 saturated carbocycles. The minimum Gasteiger partial charge on any atom is -0.490 e. The molecule has 2 aromatic heterocycles. The molecule has 3 rings (SSSR count). The number of carbonyl (C=O) groups excluding carboxylic acids is 2. The topological polar surface area (TPSA) is 85.2 Å². The number of amides is 2. The Morgan fingerprint density at radius 2 is 2.00 bits per heavy atom. The molecule has 0 spiro atoms. The van der Waals surface area contributed by atoms with Gasteiger partial charge in [0.1, 0.15) is 5.69 Å². The molecule has 146 valence electrons. The minimum absolute atomic E-state index is 0.0169. The Balaban J connectivity index is 1.70. The average Bonchev–Trinajstić information content (AvgIpc) is 3.00. The van der Waals surface area contributed by atoms with Crippen LogP contribution in [0.4, 0.5) is 4.79 Å². The van der Waals surface area contributed by atoms with Gasteiger partial charge in [-0.1, -0.05) is 0 Å². The van der Waals surface area contributed by atoms with Crippen molar-refractivity contribution >= 4 is 17.6 Å². The summed E-state index contributed by atoms with van der Waals surface area (Å²) in [7, 11) is 0. The van der Waals surface area contributed by atoms with Crippen molar-refractivity contribution in [1.82, 2.24) is 19.6 Å². The maximum atomic E-state index is 12.9. The van der Waals surface area contributed by atoms with E-state index in [9.17, 15) is 9.59 Å². The lowest BCUT2D eigenvalue weighted by Crippen LogP contribution is -2.47. The van der Waals surface area contributed by atoms with E-state index in [1.165, 1.54) is 0 Å². The van der Waals surface area contributed by atoms with E-state index >= 15 is 0 Å². The lowest BCUT2D eigenvalue weighted by molar-refractivity contribution is 0.0855. The van der Waals surface area contributed by atoms with Gasteiger partial charge < -0.3 is 19.7 Å². The number of aromatic nitrogens is 2. The van der Waals surface area contributed by atoms with Crippen LogP contribution >= 0.6 is 0 Å². The van der Waals surface area contributed by atoms with Crippen LogP contribution in [0.25, 0.3) is 5.65 Å². The lowest BCUT2D eigenvalue weighted by Gasteiger charge is -2.31. The van der Waals surface area contributed by atoms with Gasteiger partial charge in [-0.15, -0.1) is 0 Å². The van der Waals surface area contributed by atoms with Crippen molar-refractivity contribution in [1.29, 1.82) is 0 Å². The number of pyridine rings is 1. The van der Waals surface area contributed by atoms with E-state index in [-0.39, 0.29) is 18.0 Å². The second kappa shape index (κ2) is 8.28. The van der Waals surface area contributed by atoms with Crippen LogP contribution in [0, 0.1) is 6.92 Å². The van der Waals surface area contributed by atoms with Crippen LogP contribution < -0.4 is 10.1 Å². The number of ether oxygens (including phenoxy) is 2. The lowest BCUT2D eigenvalue weighted by atomic mass is 10.1. The second-order valence-corrected chi connectivity index (χ2v) is 6.48. The fraction of sp³-hybridized carbons (Fsp3) is 0.526. The Morgan fingerprint density at radius 3 is 2.67 bits per heavy atom. The number of carbonyl (C=O) groups is 2. The van der Waals surface area contributed by atoms with Gasteiger partial charge >= 0.3 is 6.09 Å². The van der Waals surface area contributed by atoms with Crippen molar-refractivity contribution in [2.75, 3.05) is 26.3 Å². The summed E-state index contributed by atoms with van der Waals surface area (Å²) >= 11 is 0. The maximum Gasteiger partial charge on any atom is 0.409 e. The first-order chi connectivity index (χ1) is 13.0. The molecule has 0 bridgehead atoms. The van der Waals surface area contributed by atoms with E-state index in [1.54, 1.807) is 16.2 Å². The van der Waals surface area contributed by atoms with Crippen LogP contribution in [0.15, 0.2) is 18.3 Å². The van der Waals surface area contributed by atoms with Crippen molar-refractivity contribution in [3.63, 3.8) is 0 Å². The summed E-state index contributed by atoms with van der Waals surface area (Å²) in [6.45, 7) is 7.57. The number of likely N-dealkylation sites (tertiary alicyclic amines) is 1. The summed E-state index contributed by atoms with van der Waals surface area (Å²) < 4.78 is 12.4. The zero-order valence-electron chi connectivity index (χ0n) is 16.0. The number of nitrogens with one attached hydrogen (secondary N) is 1. The fourth-order valence-electron chi connectivity index (χ4n) is 3.37. The summed E-state index contributed by atoms with van der Waals surface area (Å²) in [5, 5.41) is 3.08. The Hall–Kier alpha value is -2.77. The van der Waals surface area contributed by atoms with Gasteiger partial charge in [-0.05, 0) is 45.7 Å². The molecule has 1 aliphatic heterocycles. The van der Waals surface area contributed by atoms with Gasteiger partial charge in [0, 0.05) is 25.3 Å². The smallest absolute Gasteiger partial charge is 0.409 e. The molecular formula is C19H26N4O4. The van der Waals surface area contributed by atoms with Crippen molar-refractivity contribution in [2.45, 2.75) is 39.7 Å². The summed E-state index contributed by atoms with van der Waals surface area (Å²) in [6, 6.07) is 3.70. The van der Waals surface area contributed by atoms with Crippen molar-refractivity contribution in [3.05, 3.63) is 29.7 Å². The van der Waals surface area contributed by atoms with E-state index in [2.05, 4.69) is 10.3 Å². The Labute approximate surface area is 158 Å². The highest BCUT2D eigenvalue weighted by Gasteiger charge is 2.26. The van der Waals surface area contributed by atoms with E-state index < -0.39 is 0 Å². The number of rotatable bonds is 5. The molecule has 0 radical (unpaired) electrons. The highest BCUT2D eigenvalue weighted by Crippen LogP contribution is 2.22. The Kier molecular flexibility index (Phi) is 5.83. The second-order valence-electron chi connectivity index (χ2n) is 6.48. The number of piperidine rings is 1. The van der Waals surface area contributed by atoms with Crippen LogP contribution in [-0.2, 0) is 4.74 Å². The van der Waals surface area contributed by atoms with E-state index in [0.29, 0.717) is 61.9 Å². The van der Waals surface area contributed by atoms with Crippen LogP contribution in [0.2, 0.25) is 0 Å². The number of hydrogen-bond donors (Lipinski definition) is 1. The minimum atomic E-state index is -0.289.